The van der Waals surface area contributed by atoms with Crippen molar-refractivity contribution in [1.82, 2.24) is 20.3 Å². The lowest BCUT2D eigenvalue weighted by Gasteiger charge is -2.34. The van der Waals surface area contributed by atoms with Crippen LogP contribution in [0.1, 0.15) is 12.8 Å². The zero-order chi connectivity index (χ0) is 14.6. The summed E-state index contributed by atoms with van der Waals surface area (Å²) in [6, 6.07) is 0.885. The second-order valence-electron chi connectivity index (χ2n) is 5.48. The van der Waals surface area contributed by atoms with Crippen molar-refractivity contribution < 1.29 is 4.39 Å². The molecule has 0 amide bonds. The van der Waals surface area contributed by atoms with Crippen molar-refractivity contribution in [2.24, 2.45) is 0 Å². The Labute approximate surface area is 130 Å². The van der Waals surface area contributed by atoms with Crippen LogP contribution in [0.25, 0.3) is 10.9 Å². The van der Waals surface area contributed by atoms with Crippen molar-refractivity contribution in [1.29, 1.82) is 0 Å². The highest BCUT2D eigenvalue weighted by atomic mass is 35.5. The molecule has 2 saturated heterocycles. The third-order valence-electron chi connectivity index (χ3n) is 4.11. The van der Waals surface area contributed by atoms with Crippen LogP contribution in [0.2, 0.25) is 10.4 Å². The number of nitrogens with one attached hydrogen (secondary N) is 1. The predicted molar refractivity (Wildman–Crippen MR) is 79.5 cm³/mol. The van der Waals surface area contributed by atoms with Gasteiger partial charge in [0.05, 0.1) is 5.39 Å². The van der Waals surface area contributed by atoms with E-state index < -0.39 is 5.82 Å². The lowest BCUT2D eigenvalue weighted by molar-refractivity contribution is 0.464. The molecule has 0 aliphatic carbocycles. The summed E-state index contributed by atoms with van der Waals surface area (Å²) in [5, 5.41) is 3.90. The molecule has 0 aromatic carbocycles. The Morgan fingerprint density at radius 3 is 2.62 bits per heavy atom. The number of pyridine rings is 1. The van der Waals surface area contributed by atoms with Crippen LogP contribution < -0.4 is 10.2 Å². The molecule has 2 aromatic rings. The summed E-state index contributed by atoms with van der Waals surface area (Å²) in [4.78, 5) is 14.3. The average molecular weight is 328 g/mol. The van der Waals surface area contributed by atoms with Gasteiger partial charge < -0.3 is 10.2 Å². The van der Waals surface area contributed by atoms with Gasteiger partial charge in [0.25, 0.3) is 0 Å². The minimum absolute atomic E-state index is 0.0181. The van der Waals surface area contributed by atoms with E-state index in [2.05, 4.69) is 25.2 Å². The van der Waals surface area contributed by atoms with Gasteiger partial charge in [-0.1, -0.05) is 11.6 Å². The van der Waals surface area contributed by atoms with Gasteiger partial charge in [0.1, 0.15) is 11.3 Å². The van der Waals surface area contributed by atoms with Crippen LogP contribution in [0.15, 0.2) is 6.20 Å². The van der Waals surface area contributed by atoms with Crippen molar-refractivity contribution >= 4 is 39.9 Å². The summed E-state index contributed by atoms with van der Waals surface area (Å²) in [5.41, 5.74) is 0.121. The minimum Gasteiger partial charge on any atom is -0.353 e. The lowest BCUT2D eigenvalue weighted by Crippen LogP contribution is -2.51. The first-order valence-electron chi connectivity index (χ1n) is 6.80. The molecule has 5 nitrogen and oxygen atoms in total. The number of nitrogens with zero attached hydrogens (tertiary/aromatic N) is 4. The second kappa shape index (κ2) is 4.90. The molecule has 0 saturated carbocycles. The Morgan fingerprint density at radius 2 is 1.90 bits per heavy atom. The molecule has 2 aliphatic heterocycles. The molecular formula is C13H12Cl2FN5. The van der Waals surface area contributed by atoms with Gasteiger partial charge in [-0.3, -0.25) is 0 Å². The molecule has 4 rings (SSSR count). The van der Waals surface area contributed by atoms with Crippen LogP contribution >= 0.6 is 23.2 Å². The maximum atomic E-state index is 14.1. The Hall–Kier alpha value is -1.24. The topological polar surface area (TPSA) is 53.9 Å². The molecule has 2 aromatic heterocycles. The molecular weight excluding hydrogens is 316 g/mol. The largest absolute Gasteiger partial charge is 0.353 e. The highest BCUT2D eigenvalue weighted by Gasteiger charge is 2.33. The first-order valence-corrected chi connectivity index (χ1v) is 7.55. The second-order valence-corrected chi connectivity index (χ2v) is 6.18. The normalized spacial score (nSPS) is 24.8. The molecule has 21 heavy (non-hydrogen) atoms. The molecule has 8 heteroatoms. The highest BCUT2D eigenvalue weighted by molar-refractivity contribution is 6.30. The summed E-state index contributed by atoms with van der Waals surface area (Å²) in [5.74, 6) is -0.0238. The number of aromatic nitrogens is 3. The molecule has 0 spiro atoms. The van der Waals surface area contributed by atoms with E-state index in [0.29, 0.717) is 23.3 Å². The maximum Gasteiger partial charge on any atom is 0.225 e. The number of rotatable bonds is 1. The standard InChI is InChI=1S/C13H12Cl2FN5/c14-11-9(16)10-8(3-17-11)12(20-13(15)19-10)21-4-6-1-2-7(5-21)18-6/h3,6-7,18H,1-2,4-5H2/t6-,7+. The molecule has 2 fully saturated rings. The highest BCUT2D eigenvalue weighted by Crippen LogP contribution is 2.31. The number of hydrogen-bond acceptors (Lipinski definition) is 5. The van der Waals surface area contributed by atoms with E-state index >= 15 is 0 Å². The molecule has 2 bridgehead atoms. The van der Waals surface area contributed by atoms with Crippen LogP contribution in [-0.4, -0.2) is 40.1 Å². The molecule has 0 radical (unpaired) electrons. The number of piperazine rings is 1. The number of fused-ring (bicyclic) bond motifs is 3. The fourth-order valence-corrected chi connectivity index (χ4v) is 3.51. The summed E-state index contributed by atoms with van der Waals surface area (Å²) in [6.45, 7) is 1.65. The number of anilines is 1. The quantitative estimate of drug-likeness (QED) is 0.644. The van der Waals surface area contributed by atoms with E-state index in [1.165, 1.54) is 6.20 Å². The van der Waals surface area contributed by atoms with E-state index in [1.807, 2.05) is 0 Å². The van der Waals surface area contributed by atoms with Crippen molar-refractivity contribution in [2.75, 3.05) is 18.0 Å². The van der Waals surface area contributed by atoms with E-state index in [1.54, 1.807) is 0 Å². The first kappa shape index (κ1) is 13.4. The average Bonchev–Trinajstić information content (AvgIpc) is 2.81. The third-order valence-corrected chi connectivity index (χ3v) is 4.54. The van der Waals surface area contributed by atoms with Gasteiger partial charge in [-0.25, -0.2) is 14.4 Å². The van der Waals surface area contributed by atoms with E-state index in [0.717, 1.165) is 25.9 Å². The van der Waals surface area contributed by atoms with Gasteiger partial charge >= 0.3 is 0 Å². The third kappa shape index (κ3) is 2.22. The summed E-state index contributed by atoms with van der Waals surface area (Å²) in [7, 11) is 0. The minimum atomic E-state index is -0.655. The van der Waals surface area contributed by atoms with Crippen molar-refractivity contribution in [3.63, 3.8) is 0 Å². The van der Waals surface area contributed by atoms with Crippen LogP contribution in [0.5, 0.6) is 0 Å². The summed E-state index contributed by atoms with van der Waals surface area (Å²) in [6.07, 6.45) is 3.81. The van der Waals surface area contributed by atoms with Crippen LogP contribution in [-0.2, 0) is 0 Å². The zero-order valence-electron chi connectivity index (χ0n) is 11.0. The van der Waals surface area contributed by atoms with Gasteiger partial charge in [0.15, 0.2) is 11.0 Å². The Bertz CT molecular complexity index is 713. The molecule has 2 atom stereocenters. The van der Waals surface area contributed by atoms with Crippen molar-refractivity contribution in [3.05, 3.63) is 22.5 Å². The Morgan fingerprint density at radius 1 is 1.19 bits per heavy atom. The fraction of sp³-hybridized carbons (Fsp3) is 0.462. The fourth-order valence-electron chi connectivity index (χ4n) is 3.20. The predicted octanol–water partition coefficient (Wildman–Crippen LogP) is 2.41. The molecule has 0 unspecified atom stereocenters. The van der Waals surface area contributed by atoms with Crippen molar-refractivity contribution in [3.8, 4) is 0 Å². The Balaban J connectivity index is 1.86. The monoisotopic (exact) mass is 327 g/mol. The van der Waals surface area contributed by atoms with Gasteiger partial charge in [0, 0.05) is 31.4 Å². The van der Waals surface area contributed by atoms with Crippen LogP contribution in [0, 0.1) is 5.82 Å². The number of hydrogen-bond donors (Lipinski definition) is 1. The van der Waals surface area contributed by atoms with E-state index in [4.69, 9.17) is 23.2 Å². The van der Waals surface area contributed by atoms with E-state index in [-0.39, 0.29) is 16.0 Å². The molecule has 110 valence electrons. The van der Waals surface area contributed by atoms with Gasteiger partial charge in [-0.05, 0) is 24.4 Å². The molecule has 4 heterocycles. The van der Waals surface area contributed by atoms with Crippen LogP contribution in [0.4, 0.5) is 10.2 Å². The van der Waals surface area contributed by atoms with E-state index in [9.17, 15) is 4.39 Å². The van der Waals surface area contributed by atoms with Crippen molar-refractivity contribution in [2.45, 2.75) is 24.9 Å². The van der Waals surface area contributed by atoms with Gasteiger partial charge in [0.2, 0.25) is 5.28 Å². The zero-order valence-corrected chi connectivity index (χ0v) is 12.5. The van der Waals surface area contributed by atoms with Crippen LogP contribution in [0.3, 0.4) is 0 Å². The first-order chi connectivity index (χ1) is 10.1. The number of halogens is 3. The van der Waals surface area contributed by atoms with Gasteiger partial charge in [-0.15, -0.1) is 0 Å². The maximum absolute atomic E-state index is 14.1. The lowest BCUT2D eigenvalue weighted by atomic mass is 10.2. The summed E-state index contributed by atoms with van der Waals surface area (Å²) < 4.78 is 14.1. The molecule has 1 N–H and O–H groups in total. The van der Waals surface area contributed by atoms with Gasteiger partial charge in [-0.2, -0.15) is 4.98 Å². The Kier molecular flexibility index (Phi) is 3.13. The SMILES string of the molecule is Fc1c(Cl)ncc2c(N3C[C@H]4CC[C@@H](C3)N4)nc(Cl)nc12. The smallest absolute Gasteiger partial charge is 0.225 e. The molecule has 2 aliphatic rings. The summed E-state index contributed by atoms with van der Waals surface area (Å²) >= 11 is 11.7.